The van der Waals surface area contributed by atoms with Crippen LogP contribution < -0.4 is 10.2 Å². The minimum atomic E-state index is -0.272. The summed E-state index contributed by atoms with van der Waals surface area (Å²) in [5.74, 6) is 0.460. The van der Waals surface area contributed by atoms with Crippen LogP contribution in [0.1, 0.15) is 10.4 Å². The van der Waals surface area contributed by atoms with Crippen molar-refractivity contribution in [2.45, 2.75) is 0 Å². The highest BCUT2D eigenvalue weighted by Crippen LogP contribution is 2.20. The molecule has 0 amide bonds. The van der Waals surface area contributed by atoms with Crippen molar-refractivity contribution < 1.29 is 14.4 Å². The Morgan fingerprint density at radius 2 is 1.52 bits per heavy atom. The van der Waals surface area contributed by atoms with E-state index < -0.39 is 0 Å². The minimum absolute atomic E-state index is 0.120. The van der Waals surface area contributed by atoms with Gasteiger partial charge in [0.05, 0.1) is 19.0 Å². The Kier molecular flexibility index (Phi) is 6.73. The van der Waals surface area contributed by atoms with Crippen LogP contribution in [0.3, 0.4) is 0 Å². The van der Waals surface area contributed by atoms with Crippen molar-refractivity contribution in [3.05, 3.63) is 84.4 Å². The van der Waals surface area contributed by atoms with Crippen LogP contribution in [-0.4, -0.2) is 31.9 Å². The molecule has 0 atom stereocenters. The lowest BCUT2D eigenvalue weighted by Crippen LogP contribution is -2.18. The van der Waals surface area contributed by atoms with Gasteiger partial charge in [0.15, 0.2) is 5.71 Å². The van der Waals surface area contributed by atoms with Gasteiger partial charge < -0.3 is 9.57 Å². The zero-order valence-electron chi connectivity index (χ0n) is 16.2. The third kappa shape index (κ3) is 5.29. The SMILES string of the molecule is CON=CC(=NNc1ccc(OC)cc1)C(=O)c1ccc(-c2ccccc2)cc1. The van der Waals surface area contributed by atoms with E-state index in [4.69, 9.17) is 9.57 Å². The van der Waals surface area contributed by atoms with E-state index in [0.717, 1.165) is 16.9 Å². The van der Waals surface area contributed by atoms with E-state index in [1.54, 1.807) is 43.5 Å². The van der Waals surface area contributed by atoms with Crippen LogP contribution in [0.2, 0.25) is 0 Å². The molecule has 0 saturated heterocycles. The van der Waals surface area contributed by atoms with Crippen molar-refractivity contribution in [1.29, 1.82) is 0 Å². The molecule has 0 unspecified atom stereocenters. The molecule has 0 radical (unpaired) electrons. The number of ether oxygens (including phenoxy) is 1. The summed E-state index contributed by atoms with van der Waals surface area (Å²) in [4.78, 5) is 17.6. The molecule has 0 aliphatic rings. The zero-order valence-corrected chi connectivity index (χ0v) is 16.2. The molecule has 3 aromatic rings. The Bertz CT molecular complexity index is 996. The molecule has 0 heterocycles. The molecule has 1 N–H and O–H groups in total. The summed E-state index contributed by atoms with van der Waals surface area (Å²) in [7, 11) is 3.01. The molecule has 29 heavy (non-hydrogen) atoms. The molecule has 0 aliphatic heterocycles. The second kappa shape index (κ2) is 9.85. The molecule has 3 aromatic carbocycles. The second-order valence-corrected chi connectivity index (χ2v) is 6.03. The standard InChI is InChI=1S/C23H21N3O3/c1-28-21-14-12-20(13-15-21)25-26-22(16-24-29-2)23(27)19-10-8-18(9-11-19)17-6-4-3-5-7-17/h3-16,25H,1-2H3. The average molecular weight is 387 g/mol. The molecule has 146 valence electrons. The maximum Gasteiger partial charge on any atom is 0.214 e. The number of methoxy groups -OCH3 is 1. The number of oxime groups is 1. The summed E-state index contributed by atoms with van der Waals surface area (Å²) in [5, 5.41) is 7.88. The van der Waals surface area contributed by atoms with Crippen LogP contribution in [-0.2, 0) is 4.84 Å². The fourth-order valence-corrected chi connectivity index (χ4v) is 2.62. The number of carbonyl (C=O) groups excluding carboxylic acids is 1. The van der Waals surface area contributed by atoms with Gasteiger partial charge in [-0.2, -0.15) is 5.10 Å². The lowest BCUT2D eigenvalue weighted by molar-refractivity contribution is 0.106. The Hall–Kier alpha value is -3.93. The number of anilines is 1. The smallest absolute Gasteiger partial charge is 0.214 e. The number of Topliss-reactive ketones (excluding diaryl/α,β-unsaturated/α-hetero) is 1. The number of carbonyl (C=O) groups is 1. The van der Waals surface area contributed by atoms with E-state index in [0.29, 0.717) is 11.3 Å². The van der Waals surface area contributed by atoms with Gasteiger partial charge in [0.25, 0.3) is 0 Å². The molecule has 0 fully saturated rings. The highest BCUT2D eigenvalue weighted by atomic mass is 16.6. The zero-order chi connectivity index (χ0) is 20.5. The van der Waals surface area contributed by atoms with Gasteiger partial charge >= 0.3 is 0 Å². The predicted octanol–water partition coefficient (Wildman–Crippen LogP) is 4.65. The maximum atomic E-state index is 12.9. The van der Waals surface area contributed by atoms with Crippen molar-refractivity contribution in [3.8, 4) is 16.9 Å². The number of ketones is 1. The fraction of sp³-hybridized carbons (Fsp3) is 0.0870. The Morgan fingerprint density at radius 1 is 0.862 bits per heavy atom. The lowest BCUT2D eigenvalue weighted by Gasteiger charge is -2.06. The summed E-state index contributed by atoms with van der Waals surface area (Å²) in [5.41, 5.74) is 6.31. The number of nitrogens with zero attached hydrogens (tertiary/aromatic N) is 2. The van der Waals surface area contributed by atoms with E-state index in [1.165, 1.54) is 13.3 Å². The highest BCUT2D eigenvalue weighted by Gasteiger charge is 2.13. The summed E-state index contributed by atoms with van der Waals surface area (Å²) < 4.78 is 5.13. The first-order chi connectivity index (χ1) is 14.2. The number of rotatable bonds is 8. The van der Waals surface area contributed by atoms with Crippen LogP contribution in [0.4, 0.5) is 5.69 Å². The summed E-state index contributed by atoms with van der Waals surface area (Å²) >= 11 is 0. The van der Waals surface area contributed by atoms with Crippen LogP contribution in [0, 0.1) is 0 Å². The Morgan fingerprint density at radius 3 is 2.14 bits per heavy atom. The maximum absolute atomic E-state index is 12.9. The molecule has 0 aromatic heterocycles. The summed E-state index contributed by atoms with van der Waals surface area (Å²) in [6.45, 7) is 0. The topological polar surface area (TPSA) is 72.3 Å². The number of nitrogens with one attached hydrogen (secondary N) is 1. The molecule has 0 bridgehead atoms. The van der Waals surface area contributed by atoms with E-state index >= 15 is 0 Å². The monoisotopic (exact) mass is 387 g/mol. The van der Waals surface area contributed by atoms with Crippen LogP contribution in [0.5, 0.6) is 5.75 Å². The van der Waals surface area contributed by atoms with Crippen molar-refractivity contribution in [3.63, 3.8) is 0 Å². The predicted molar refractivity (Wildman–Crippen MR) is 116 cm³/mol. The van der Waals surface area contributed by atoms with Crippen molar-refractivity contribution >= 4 is 23.4 Å². The molecule has 6 heteroatoms. The molecule has 0 spiro atoms. The van der Waals surface area contributed by atoms with Gasteiger partial charge in [-0.15, -0.1) is 0 Å². The number of hydrazone groups is 1. The third-order valence-corrected chi connectivity index (χ3v) is 4.16. The quantitative estimate of drug-likeness (QED) is 0.347. The molecular weight excluding hydrogens is 366 g/mol. The molecule has 6 nitrogen and oxygen atoms in total. The van der Waals surface area contributed by atoms with Gasteiger partial charge in [-0.1, -0.05) is 59.8 Å². The van der Waals surface area contributed by atoms with Gasteiger partial charge in [-0.25, -0.2) is 0 Å². The Balaban J connectivity index is 1.80. The van der Waals surface area contributed by atoms with Crippen LogP contribution >= 0.6 is 0 Å². The normalized spacial score (nSPS) is 11.3. The first-order valence-electron chi connectivity index (χ1n) is 8.95. The Labute approximate surface area is 169 Å². The highest BCUT2D eigenvalue weighted by molar-refractivity contribution is 6.64. The van der Waals surface area contributed by atoms with Crippen LogP contribution in [0.15, 0.2) is 89.1 Å². The van der Waals surface area contributed by atoms with Gasteiger partial charge in [-0.3, -0.25) is 10.2 Å². The van der Waals surface area contributed by atoms with Crippen LogP contribution in [0.25, 0.3) is 11.1 Å². The largest absolute Gasteiger partial charge is 0.497 e. The van der Waals surface area contributed by atoms with Gasteiger partial charge in [-0.05, 0) is 35.4 Å². The van der Waals surface area contributed by atoms with Crippen molar-refractivity contribution in [2.75, 3.05) is 19.6 Å². The average Bonchev–Trinajstić information content (AvgIpc) is 2.80. The summed E-state index contributed by atoms with van der Waals surface area (Å²) in [6.07, 6.45) is 1.28. The molecule has 0 aliphatic carbocycles. The molecule has 3 rings (SSSR count). The number of benzene rings is 3. The van der Waals surface area contributed by atoms with E-state index in [2.05, 4.69) is 15.7 Å². The van der Waals surface area contributed by atoms with Gasteiger partial charge in [0.1, 0.15) is 12.9 Å². The van der Waals surface area contributed by atoms with Gasteiger partial charge in [0.2, 0.25) is 5.78 Å². The van der Waals surface area contributed by atoms with E-state index in [-0.39, 0.29) is 11.5 Å². The fourth-order valence-electron chi connectivity index (χ4n) is 2.62. The second-order valence-electron chi connectivity index (χ2n) is 6.03. The first kappa shape index (κ1) is 19.8. The minimum Gasteiger partial charge on any atom is -0.497 e. The van der Waals surface area contributed by atoms with Gasteiger partial charge in [0, 0.05) is 5.56 Å². The van der Waals surface area contributed by atoms with E-state index in [1.807, 2.05) is 42.5 Å². The number of hydrogen-bond donors (Lipinski definition) is 1. The molecular formula is C23H21N3O3. The lowest BCUT2D eigenvalue weighted by atomic mass is 10.0. The summed E-state index contributed by atoms with van der Waals surface area (Å²) in [6, 6.07) is 24.5. The first-order valence-corrected chi connectivity index (χ1v) is 8.95. The molecule has 0 saturated carbocycles. The van der Waals surface area contributed by atoms with Crippen molar-refractivity contribution in [2.24, 2.45) is 10.3 Å². The van der Waals surface area contributed by atoms with Crippen molar-refractivity contribution in [1.82, 2.24) is 0 Å². The van der Waals surface area contributed by atoms with E-state index in [9.17, 15) is 4.79 Å². The third-order valence-electron chi connectivity index (χ3n) is 4.16. The number of hydrogen-bond acceptors (Lipinski definition) is 6.